The Kier molecular flexibility index (Phi) is 5.88. The van der Waals surface area contributed by atoms with Gasteiger partial charge in [0.05, 0.1) is 0 Å². The summed E-state index contributed by atoms with van der Waals surface area (Å²) >= 11 is 2.28. The second-order valence-corrected chi connectivity index (χ2v) is 5.68. The van der Waals surface area contributed by atoms with Crippen molar-refractivity contribution in [2.24, 2.45) is 0 Å². The number of aryl methyl sites for hydroxylation is 1. The molecule has 1 aliphatic heterocycles. The summed E-state index contributed by atoms with van der Waals surface area (Å²) < 4.78 is 1.15. The predicted octanol–water partition coefficient (Wildman–Crippen LogP) is 2.46. The third kappa shape index (κ3) is 3.36. The van der Waals surface area contributed by atoms with Crippen molar-refractivity contribution < 1.29 is 4.79 Å². The van der Waals surface area contributed by atoms with Crippen LogP contribution < -0.4 is 5.32 Å². The Balaban J connectivity index is 0.00000162. The van der Waals surface area contributed by atoms with Gasteiger partial charge in [0.1, 0.15) is 0 Å². The molecule has 1 aromatic rings. The normalized spacial score (nSPS) is 19.3. The van der Waals surface area contributed by atoms with Crippen LogP contribution in [0.4, 0.5) is 0 Å². The largest absolute Gasteiger partial charge is 0.333 e. The number of nitrogens with zero attached hydrogens (tertiary/aromatic N) is 1. The average molecular weight is 381 g/mol. The molecule has 5 heteroatoms. The van der Waals surface area contributed by atoms with Crippen molar-refractivity contribution in [3.8, 4) is 0 Å². The van der Waals surface area contributed by atoms with Crippen molar-refractivity contribution in [1.29, 1.82) is 0 Å². The van der Waals surface area contributed by atoms with Crippen LogP contribution in [0.15, 0.2) is 18.2 Å². The Labute approximate surface area is 128 Å². The molecular formula is C13H18ClIN2O. The second kappa shape index (κ2) is 6.73. The molecule has 0 unspecified atom stereocenters. The van der Waals surface area contributed by atoms with Crippen LogP contribution in [-0.2, 0) is 0 Å². The van der Waals surface area contributed by atoms with Gasteiger partial charge in [0.15, 0.2) is 0 Å². The van der Waals surface area contributed by atoms with Gasteiger partial charge in [0.25, 0.3) is 5.91 Å². The highest BCUT2D eigenvalue weighted by Gasteiger charge is 2.24. The van der Waals surface area contributed by atoms with E-state index in [0.717, 1.165) is 28.8 Å². The van der Waals surface area contributed by atoms with E-state index in [1.54, 1.807) is 0 Å². The molecule has 1 aromatic carbocycles. The smallest absolute Gasteiger partial charge is 0.254 e. The highest BCUT2D eigenvalue weighted by atomic mass is 127. The van der Waals surface area contributed by atoms with E-state index in [1.807, 2.05) is 23.1 Å². The molecule has 1 atom stereocenters. The van der Waals surface area contributed by atoms with Gasteiger partial charge in [0, 0.05) is 34.8 Å². The van der Waals surface area contributed by atoms with E-state index in [2.05, 4.69) is 41.8 Å². The number of rotatable bonds is 1. The van der Waals surface area contributed by atoms with Crippen LogP contribution in [0.3, 0.4) is 0 Å². The lowest BCUT2D eigenvalue weighted by Crippen LogP contribution is -2.52. The molecular weight excluding hydrogens is 363 g/mol. The zero-order valence-electron chi connectivity index (χ0n) is 10.6. The quantitative estimate of drug-likeness (QED) is 0.759. The van der Waals surface area contributed by atoms with Crippen LogP contribution >= 0.6 is 35.0 Å². The number of amides is 1. The molecule has 1 amide bonds. The van der Waals surface area contributed by atoms with Gasteiger partial charge in [-0.2, -0.15) is 0 Å². The minimum Gasteiger partial charge on any atom is -0.333 e. The van der Waals surface area contributed by atoms with Crippen molar-refractivity contribution in [3.63, 3.8) is 0 Å². The lowest BCUT2D eigenvalue weighted by Gasteiger charge is -2.34. The monoisotopic (exact) mass is 380 g/mol. The lowest BCUT2D eigenvalue weighted by molar-refractivity contribution is 0.0655. The summed E-state index contributed by atoms with van der Waals surface area (Å²) in [6, 6.07) is 6.19. The summed E-state index contributed by atoms with van der Waals surface area (Å²) in [6.45, 7) is 6.71. The van der Waals surface area contributed by atoms with Crippen LogP contribution in [0, 0.1) is 10.5 Å². The van der Waals surface area contributed by atoms with Crippen LogP contribution in [0.2, 0.25) is 0 Å². The Morgan fingerprint density at radius 3 is 2.83 bits per heavy atom. The number of carbonyl (C=O) groups is 1. The lowest BCUT2D eigenvalue weighted by atomic mass is 10.1. The van der Waals surface area contributed by atoms with Crippen molar-refractivity contribution in [2.45, 2.75) is 19.9 Å². The number of nitrogens with one attached hydrogen (secondary N) is 1. The van der Waals surface area contributed by atoms with Crippen LogP contribution in [0.5, 0.6) is 0 Å². The zero-order chi connectivity index (χ0) is 12.4. The van der Waals surface area contributed by atoms with Gasteiger partial charge >= 0.3 is 0 Å². The van der Waals surface area contributed by atoms with Crippen LogP contribution in [0.1, 0.15) is 22.8 Å². The number of benzene rings is 1. The van der Waals surface area contributed by atoms with Gasteiger partial charge in [-0.3, -0.25) is 4.79 Å². The maximum atomic E-state index is 12.4. The minimum atomic E-state index is 0. The van der Waals surface area contributed by atoms with Gasteiger partial charge < -0.3 is 10.2 Å². The summed E-state index contributed by atoms with van der Waals surface area (Å²) in [7, 11) is 0. The van der Waals surface area contributed by atoms with E-state index in [4.69, 9.17) is 0 Å². The third-order valence-electron chi connectivity index (χ3n) is 3.18. The molecule has 100 valence electrons. The van der Waals surface area contributed by atoms with E-state index >= 15 is 0 Å². The average Bonchev–Trinajstić information content (AvgIpc) is 2.32. The van der Waals surface area contributed by atoms with E-state index in [1.165, 1.54) is 5.56 Å². The first kappa shape index (κ1) is 15.7. The molecule has 1 fully saturated rings. The highest BCUT2D eigenvalue weighted by molar-refractivity contribution is 14.1. The molecule has 18 heavy (non-hydrogen) atoms. The van der Waals surface area contributed by atoms with Crippen molar-refractivity contribution in [1.82, 2.24) is 10.2 Å². The van der Waals surface area contributed by atoms with Gasteiger partial charge in [-0.05, 0) is 54.1 Å². The van der Waals surface area contributed by atoms with Gasteiger partial charge in [-0.1, -0.05) is 6.07 Å². The molecule has 1 heterocycles. The summed E-state index contributed by atoms with van der Waals surface area (Å²) in [4.78, 5) is 14.3. The molecule has 0 spiro atoms. The number of carbonyl (C=O) groups excluding carboxylic acids is 1. The molecule has 0 saturated carbocycles. The van der Waals surface area contributed by atoms with E-state index < -0.39 is 0 Å². The fraction of sp³-hybridized carbons (Fsp3) is 0.462. The topological polar surface area (TPSA) is 32.3 Å². The number of hydrogen-bond donors (Lipinski definition) is 1. The van der Waals surface area contributed by atoms with Crippen molar-refractivity contribution >= 4 is 40.9 Å². The van der Waals surface area contributed by atoms with E-state index in [0.29, 0.717) is 0 Å². The predicted molar refractivity (Wildman–Crippen MR) is 84.5 cm³/mol. The molecule has 0 aliphatic carbocycles. The van der Waals surface area contributed by atoms with Gasteiger partial charge in [-0.15, -0.1) is 12.4 Å². The first-order valence-corrected chi connectivity index (χ1v) is 6.95. The van der Waals surface area contributed by atoms with Gasteiger partial charge in [-0.25, -0.2) is 0 Å². The van der Waals surface area contributed by atoms with Crippen molar-refractivity contribution in [2.75, 3.05) is 19.6 Å². The van der Waals surface area contributed by atoms with E-state index in [-0.39, 0.29) is 24.4 Å². The Morgan fingerprint density at radius 1 is 1.50 bits per heavy atom. The minimum absolute atomic E-state index is 0. The zero-order valence-corrected chi connectivity index (χ0v) is 13.5. The molecule has 3 nitrogen and oxygen atoms in total. The maximum Gasteiger partial charge on any atom is 0.254 e. The summed E-state index contributed by atoms with van der Waals surface area (Å²) in [5, 5.41) is 3.30. The van der Waals surface area contributed by atoms with Crippen LogP contribution in [-0.4, -0.2) is 36.5 Å². The number of piperazine rings is 1. The third-order valence-corrected chi connectivity index (χ3v) is 4.34. The van der Waals surface area contributed by atoms with Crippen molar-refractivity contribution in [3.05, 3.63) is 32.9 Å². The first-order chi connectivity index (χ1) is 8.09. The molecule has 0 bridgehead atoms. The summed E-state index contributed by atoms with van der Waals surface area (Å²) in [5.41, 5.74) is 2.02. The first-order valence-electron chi connectivity index (χ1n) is 5.87. The summed E-state index contributed by atoms with van der Waals surface area (Å²) in [5.74, 6) is 0.150. The maximum absolute atomic E-state index is 12.4. The summed E-state index contributed by atoms with van der Waals surface area (Å²) in [6.07, 6.45) is 0. The molecule has 0 aromatic heterocycles. The Hall–Kier alpha value is -0.330. The fourth-order valence-electron chi connectivity index (χ4n) is 2.03. The Bertz CT molecular complexity index is 439. The molecule has 0 radical (unpaired) electrons. The van der Waals surface area contributed by atoms with Crippen LogP contribution in [0.25, 0.3) is 0 Å². The van der Waals surface area contributed by atoms with Gasteiger partial charge in [0.2, 0.25) is 0 Å². The Morgan fingerprint density at radius 2 is 2.22 bits per heavy atom. The fourth-order valence-corrected chi connectivity index (χ4v) is 2.55. The van der Waals surface area contributed by atoms with E-state index in [9.17, 15) is 4.79 Å². The standard InChI is InChI=1S/C13H17IN2O.ClH/c1-9-3-4-11(7-12(9)14)13(17)16-6-5-15-8-10(16)2;/h3-4,7,10,15H,5-6,8H2,1-2H3;1H/t10-;/m0./s1. The molecule has 1 saturated heterocycles. The molecule has 1 N–H and O–H groups in total. The SMILES string of the molecule is Cc1ccc(C(=O)N2CCNC[C@@H]2C)cc1I.Cl. The highest BCUT2D eigenvalue weighted by Crippen LogP contribution is 2.16. The molecule has 1 aliphatic rings. The molecule has 2 rings (SSSR count). The second-order valence-electron chi connectivity index (χ2n) is 4.52. The number of halogens is 2. The number of hydrogen-bond acceptors (Lipinski definition) is 2.